The van der Waals surface area contributed by atoms with Crippen molar-refractivity contribution < 1.29 is 14.0 Å². The third-order valence-corrected chi connectivity index (χ3v) is 5.42. The number of carbonyl (C=O) groups excluding carboxylic acids is 2. The van der Waals surface area contributed by atoms with E-state index in [9.17, 15) is 14.0 Å². The molecular formula is C26H23FN2O2. The molecule has 0 unspecified atom stereocenters. The SMILES string of the molecule is Cc1ccc(C2=C(Nc3cccc(F)c3)C(=O)N(c3ccc(C)cc3C)C2=O)c(C)c1. The Morgan fingerprint density at radius 2 is 1.45 bits per heavy atom. The Bertz CT molecular complexity index is 1260. The molecule has 4 rings (SSSR count). The van der Waals surface area contributed by atoms with E-state index in [1.165, 1.54) is 17.0 Å². The van der Waals surface area contributed by atoms with E-state index in [1.54, 1.807) is 18.2 Å². The Kier molecular flexibility index (Phi) is 5.19. The Balaban J connectivity index is 1.88. The fourth-order valence-electron chi connectivity index (χ4n) is 3.98. The van der Waals surface area contributed by atoms with Crippen LogP contribution < -0.4 is 10.2 Å². The van der Waals surface area contributed by atoms with Gasteiger partial charge in [-0.1, -0.05) is 47.5 Å². The molecule has 0 saturated carbocycles. The number of benzene rings is 3. The van der Waals surface area contributed by atoms with Crippen molar-refractivity contribution in [3.63, 3.8) is 0 Å². The Morgan fingerprint density at radius 3 is 2.10 bits per heavy atom. The van der Waals surface area contributed by atoms with Crippen LogP contribution in [0.15, 0.2) is 66.4 Å². The third kappa shape index (κ3) is 3.75. The number of amides is 2. The van der Waals surface area contributed by atoms with Gasteiger partial charge in [-0.05, 0) is 68.7 Å². The van der Waals surface area contributed by atoms with Gasteiger partial charge in [0.1, 0.15) is 11.5 Å². The monoisotopic (exact) mass is 414 g/mol. The maximum Gasteiger partial charge on any atom is 0.282 e. The second-order valence-electron chi connectivity index (χ2n) is 7.94. The first-order chi connectivity index (χ1) is 14.8. The summed E-state index contributed by atoms with van der Waals surface area (Å²) in [6, 6.07) is 17.2. The minimum Gasteiger partial charge on any atom is -0.350 e. The molecular weight excluding hydrogens is 391 g/mol. The van der Waals surface area contributed by atoms with Crippen molar-refractivity contribution in [3.05, 3.63) is 100.0 Å². The molecule has 1 aliphatic heterocycles. The summed E-state index contributed by atoms with van der Waals surface area (Å²) < 4.78 is 13.8. The van der Waals surface area contributed by atoms with E-state index in [0.717, 1.165) is 22.3 Å². The van der Waals surface area contributed by atoms with E-state index in [4.69, 9.17) is 0 Å². The lowest BCUT2D eigenvalue weighted by atomic mass is 9.97. The number of carbonyl (C=O) groups is 2. The average molecular weight is 414 g/mol. The summed E-state index contributed by atoms with van der Waals surface area (Å²) in [4.78, 5) is 28.3. The molecule has 0 spiro atoms. The zero-order valence-electron chi connectivity index (χ0n) is 17.9. The van der Waals surface area contributed by atoms with E-state index in [1.807, 2.05) is 58.0 Å². The minimum atomic E-state index is -0.462. The molecule has 0 bridgehead atoms. The molecule has 3 aromatic carbocycles. The quantitative estimate of drug-likeness (QED) is 0.577. The molecule has 0 aromatic heterocycles. The average Bonchev–Trinajstić information content (AvgIpc) is 2.93. The van der Waals surface area contributed by atoms with Crippen molar-refractivity contribution in [2.75, 3.05) is 10.2 Å². The number of nitrogens with zero attached hydrogens (tertiary/aromatic N) is 1. The number of nitrogens with one attached hydrogen (secondary N) is 1. The first-order valence-corrected chi connectivity index (χ1v) is 10.1. The molecule has 0 saturated heterocycles. The van der Waals surface area contributed by atoms with Gasteiger partial charge in [0.15, 0.2) is 0 Å². The Morgan fingerprint density at radius 1 is 0.774 bits per heavy atom. The largest absolute Gasteiger partial charge is 0.350 e. The van der Waals surface area contributed by atoms with E-state index in [2.05, 4.69) is 5.32 Å². The van der Waals surface area contributed by atoms with Crippen molar-refractivity contribution in [3.8, 4) is 0 Å². The molecule has 1 heterocycles. The van der Waals surface area contributed by atoms with Gasteiger partial charge < -0.3 is 5.32 Å². The van der Waals surface area contributed by atoms with Gasteiger partial charge in [0.05, 0.1) is 11.3 Å². The highest BCUT2D eigenvalue weighted by Gasteiger charge is 2.41. The van der Waals surface area contributed by atoms with Crippen LogP contribution in [0.1, 0.15) is 27.8 Å². The molecule has 31 heavy (non-hydrogen) atoms. The van der Waals surface area contributed by atoms with Gasteiger partial charge in [0, 0.05) is 5.69 Å². The van der Waals surface area contributed by atoms with Crippen LogP contribution in [0.2, 0.25) is 0 Å². The van der Waals surface area contributed by atoms with Gasteiger partial charge >= 0.3 is 0 Å². The number of aryl methyl sites for hydroxylation is 4. The molecule has 4 nitrogen and oxygen atoms in total. The normalized spacial score (nSPS) is 13.9. The van der Waals surface area contributed by atoms with Crippen LogP contribution in [-0.4, -0.2) is 11.8 Å². The lowest BCUT2D eigenvalue weighted by Gasteiger charge is -2.18. The van der Waals surface area contributed by atoms with Gasteiger partial charge in [-0.15, -0.1) is 0 Å². The van der Waals surface area contributed by atoms with Crippen LogP contribution in [0.5, 0.6) is 0 Å². The van der Waals surface area contributed by atoms with Gasteiger partial charge in [-0.25, -0.2) is 9.29 Å². The number of halogens is 1. The number of hydrogen-bond donors (Lipinski definition) is 1. The molecule has 0 radical (unpaired) electrons. The summed E-state index contributed by atoms with van der Waals surface area (Å²) in [5.74, 6) is -1.29. The van der Waals surface area contributed by atoms with Crippen LogP contribution in [0.3, 0.4) is 0 Å². The number of rotatable bonds is 4. The number of hydrogen-bond acceptors (Lipinski definition) is 3. The summed E-state index contributed by atoms with van der Waals surface area (Å²) in [5.41, 5.74) is 5.86. The van der Waals surface area contributed by atoms with Crippen LogP contribution >= 0.6 is 0 Å². The molecule has 1 aliphatic rings. The van der Waals surface area contributed by atoms with Crippen LogP contribution in [-0.2, 0) is 9.59 Å². The molecule has 2 amide bonds. The van der Waals surface area contributed by atoms with Crippen molar-refractivity contribution >= 4 is 28.8 Å². The molecule has 0 aliphatic carbocycles. The summed E-state index contributed by atoms with van der Waals surface area (Å²) in [5, 5.41) is 3.01. The van der Waals surface area contributed by atoms with Crippen molar-refractivity contribution in [1.82, 2.24) is 0 Å². The first kappa shape index (κ1) is 20.5. The maximum absolute atomic E-state index is 13.8. The van der Waals surface area contributed by atoms with E-state index in [0.29, 0.717) is 16.9 Å². The number of imide groups is 1. The van der Waals surface area contributed by atoms with E-state index < -0.39 is 17.6 Å². The summed E-state index contributed by atoms with van der Waals surface area (Å²) in [7, 11) is 0. The van der Waals surface area contributed by atoms with Crippen LogP contribution in [0, 0.1) is 33.5 Å². The highest BCUT2D eigenvalue weighted by atomic mass is 19.1. The second kappa shape index (κ2) is 7.84. The standard InChI is InChI=1S/C26H23FN2O2/c1-15-8-10-21(17(3)12-15)23-24(28-20-7-5-6-19(27)14-20)26(31)29(25(23)30)22-11-9-16(2)13-18(22)4/h5-14,28H,1-4H3. The zero-order chi connectivity index (χ0) is 22.3. The Hall–Kier alpha value is -3.73. The molecule has 1 N–H and O–H groups in total. The molecule has 3 aromatic rings. The third-order valence-electron chi connectivity index (χ3n) is 5.42. The number of anilines is 2. The predicted molar refractivity (Wildman–Crippen MR) is 121 cm³/mol. The highest BCUT2D eigenvalue weighted by Crippen LogP contribution is 2.36. The van der Waals surface area contributed by atoms with Crippen molar-refractivity contribution in [2.45, 2.75) is 27.7 Å². The van der Waals surface area contributed by atoms with E-state index in [-0.39, 0.29) is 11.3 Å². The zero-order valence-corrected chi connectivity index (χ0v) is 17.9. The molecule has 5 heteroatoms. The molecule has 0 atom stereocenters. The second-order valence-corrected chi connectivity index (χ2v) is 7.94. The fraction of sp³-hybridized carbons (Fsp3) is 0.154. The summed E-state index contributed by atoms with van der Waals surface area (Å²) in [6.45, 7) is 7.71. The minimum absolute atomic E-state index is 0.141. The van der Waals surface area contributed by atoms with E-state index >= 15 is 0 Å². The smallest absolute Gasteiger partial charge is 0.282 e. The van der Waals surface area contributed by atoms with Crippen LogP contribution in [0.25, 0.3) is 5.57 Å². The summed E-state index contributed by atoms with van der Waals surface area (Å²) >= 11 is 0. The van der Waals surface area contributed by atoms with Gasteiger partial charge in [0.25, 0.3) is 11.8 Å². The Labute approximate surface area is 181 Å². The predicted octanol–water partition coefficient (Wildman–Crippen LogP) is 5.46. The van der Waals surface area contributed by atoms with Gasteiger partial charge in [-0.3, -0.25) is 9.59 Å². The van der Waals surface area contributed by atoms with Crippen molar-refractivity contribution in [2.24, 2.45) is 0 Å². The fourth-order valence-corrected chi connectivity index (χ4v) is 3.98. The lowest BCUT2D eigenvalue weighted by molar-refractivity contribution is -0.120. The molecule has 0 fully saturated rings. The van der Waals surface area contributed by atoms with Gasteiger partial charge in [0.2, 0.25) is 0 Å². The topological polar surface area (TPSA) is 49.4 Å². The maximum atomic E-state index is 13.8. The van der Waals surface area contributed by atoms with Crippen LogP contribution in [0.4, 0.5) is 15.8 Å². The molecule has 156 valence electrons. The summed E-state index contributed by atoms with van der Waals surface area (Å²) in [6.07, 6.45) is 0. The van der Waals surface area contributed by atoms with Crippen molar-refractivity contribution in [1.29, 1.82) is 0 Å². The highest BCUT2D eigenvalue weighted by molar-refractivity contribution is 6.46. The lowest BCUT2D eigenvalue weighted by Crippen LogP contribution is -2.33. The van der Waals surface area contributed by atoms with Gasteiger partial charge in [-0.2, -0.15) is 0 Å². The first-order valence-electron chi connectivity index (χ1n) is 10.1.